The van der Waals surface area contributed by atoms with Crippen molar-refractivity contribution in [2.75, 3.05) is 6.67 Å². The topological polar surface area (TPSA) is 88.2 Å². The van der Waals surface area contributed by atoms with Gasteiger partial charge in [0.15, 0.2) is 4.84 Å². The molecule has 3 rings (SSSR count). The van der Waals surface area contributed by atoms with E-state index in [1.54, 1.807) is 30.5 Å². The van der Waals surface area contributed by atoms with E-state index < -0.39 is 29.6 Å². The van der Waals surface area contributed by atoms with Gasteiger partial charge >= 0.3 is 0 Å². The molecule has 0 aliphatic heterocycles. The number of hydrogen-bond donors (Lipinski definition) is 3. The van der Waals surface area contributed by atoms with Gasteiger partial charge < -0.3 is 16.2 Å². The maximum atomic E-state index is 13.2. The molecule has 8 heteroatoms. The Morgan fingerprint density at radius 3 is 2.33 bits per heavy atom. The molecule has 27 heavy (non-hydrogen) atoms. The molecule has 1 saturated carbocycles. The van der Waals surface area contributed by atoms with Crippen molar-refractivity contribution < 1.29 is 14.3 Å². The molecule has 0 radical (unpaired) electrons. The van der Waals surface area contributed by atoms with Crippen LogP contribution < -0.4 is 11.1 Å². The zero-order valence-corrected chi connectivity index (χ0v) is 15.9. The standard InChI is InChI=1S/C19H20Cl2FN3O2/c20-17(21)18(27)25-14(9-22)16(26)12-3-1-11(2-4-12)13-5-6-15(24-10-13)19(23)7-8-19/h1-6,10,14,16-17,26H,7-9,23H2,(H,25,27)/t14-,16+/m1/s1. The fourth-order valence-electron chi connectivity index (χ4n) is 2.80. The number of aliphatic hydroxyl groups excluding tert-OH is 1. The molecular formula is C19H20Cl2FN3O2. The number of nitrogens with two attached hydrogens (primary N) is 1. The van der Waals surface area contributed by atoms with Crippen LogP contribution in [0.4, 0.5) is 4.39 Å². The normalized spacial score (nSPS) is 17.4. The van der Waals surface area contributed by atoms with Crippen molar-refractivity contribution in [3.8, 4) is 11.1 Å². The zero-order valence-electron chi connectivity index (χ0n) is 14.4. The van der Waals surface area contributed by atoms with E-state index in [1.807, 2.05) is 12.1 Å². The molecule has 2 aromatic rings. The van der Waals surface area contributed by atoms with Crippen LogP contribution in [0.15, 0.2) is 42.6 Å². The van der Waals surface area contributed by atoms with Gasteiger partial charge in [0.1, 0.15) is 12.8 Å². The molecule has 0 unspecified atom stereocenters. The molecule has 2 atom stereocenters. The maximum absolute atomic E-state index is 13.2. The molecular weight excluding hydrogens is 392 g/mol. The van der Waals surface area contributed by atoms with Crippen molar-refractivity contribution >= 4 is 29.1 Å². The molecule has 0 spiro atoms. The number of nitrogens with zero attached hydrogens (tertiary/aromatic N) is 1. The Hall–Kier alpha value is -1.73. The van der Waals surface area contributed by atoms with Crippen LogP contribution >= 0.6 is 23.2 Å². The molecule has 5 nitrogen and oxygen atoms in total. The van der Waals surface area contributed by atoms with Crippen molar-refractivity contribution in [2.45, 2.75) is 35.4 Å². The Morgan fingerprint density at radius 1 is 1.22 bits per heavy atom. The number of amides is 1. The molecule has 1 aliphatic carbocycles. The first kappa shape index (κ1) is 20.0. The monoisotopic (exact) mass is 411 g/mol. The van der Waals surface area contributed by atoms with Crippen molar-refractivity contribution in [1.82, 2.24) is 10.3 Å². The molecule has 1 aliphatic rings. The summed E-state index contributed by atoms with van der Waals surface area (Å²) in [7, 11) is 0. The highest BCUT2D eigenvalue weighted by molar-refractivity contribution is 6.53. The van der Waals surface area contributed by atoms with E-state index in [1.165, 1.54) is 0 Å². The summed E-state index contributed by atoms with van der Waals surface area (Å²) in [5, 5.41) is 12.6. The van der Waals surface area contributed by atoms with Crippen molar-refractivity contribution in [1.29, 1.82) is 0 Å². The molecule has 1 amide bonds. The number of carbonyl (C=O) groups is 1. The Morgan fingerprint density at radius 2 is 1.85 bits per heavy atom. The molecule has 0 bridgehead atoms. The van der Waals surface area contributed by atoms with Crippen molar-refractivity contribution in [3.63, 3.8) is 0 Å². The first-order chi connectivity index (χ1) is 12.8. The van der Waals surface area contributed by atoms with Gasteiger partial charge in [0, 0.05) is 11.8 Å². The highest BCUT2D eigenvalue weighted by atomic mass is 35.5. The average Bonchev–Trinajstić information content (AvgIpc) is 3.44. The van der Waals surface area contributed by atoms with E-state index in [2.05, 4.69) is 10.3 Å². The minimum atomic E-state index is -1.33. The summed E-state index contributed by atoms with van der Waals surface area (Å²) in [5.74, 6) is -0.754. The number of pyridine rings is 1. The van der Waals surface area contributed by atoms with Gasteiger partial charge in [0.05, 0.1) is 17.3 Å². The third kappa shape index (κ3) is 4.58. The van der Waals surface area contributed by atoms with Crippen LogP contribution in [0, 0.1) is 0 Å². The molecule has 144 valence electrons. The lowest BCUT2D eigenvalue weighted by Crippen LogP contribution is -2.43. The van der Waals surface area contributed by atoms with Crippen molar-refractivity contribution in [3.05, 3.63) is 53.9 Å². The highest BCUT2D eigenvalue weighted by Gasteiger charge is 2.41. The largest absolute Gasteiger partial charge is 0.386 e. The third-order valence-electron chi connectivity index (χ3n) is 4.72. The molecule has 1 aromatic heterocycles. The fourth-order valence-corrected chi connectivity index (χ4v) is 2.93. The van der Waals surface area contributed by atoms with Crippen LogP contribution in [-0.4, -0.2) is 33.6 Å². The number of alkyl halides is 3. The number of nitrogens with one attached hydrogen (secondary N) is 1. The highest BCUT2D eigenvalue weighted by Crippen LogP contribution is 2.41. The first-order valence-corrected chi connectivity index (χ1v) is 9.39. The quantitative estimate of drug-likeness (QED) is 0.611. The average molecular weight is 412 g/mol. The second-order valence-corrected chi connectivity index (χ2v) is 7.82. The van der Waals surface area contributed by atoms with E-state index in [9.17, 15) is 14.3 Å². The van der Waals surface area contributed by atoms with Gasteiger partial charge in [-0.15, -0.1) is 0 Å². The lowest BCUT2D eigenvalue weighted by atomic mass is 9.99. The van der Waals surface area contributed by atoms with E-state index in [4.69, 9.17) is 28.9 Å². The number of halogens is 3. The number of aliphatic hydroxyl groups is 1. The van der Waals surface area contributed by atoms with Gasteiger partial charge in [-0.25, -0.2) is 4.39 Å². The minimum Gasteiger partial charge on any atom is -0.386 e. The number of benzene rings is 1. The summed E-state index contributed by atoms with van der Waals surface area (Å²) in [6.07, 6.45) is 2.44. The minimum absolute atomic E-state index is 0.274. The van der Waals surface area contributed by atoms with Crippen LogP contribution in [0.25, 0.3) is 11.1 Å². The summed E-state index contributed by atoms with van der Waals surface area (Å²) in [6.45, 7) is -0.957. The number of rotatable bonds is 7. The zero-order chi connectivity index (χ0) is 19.6. The Labute approximate surface area is 166 Å². The molecule has 1 heterocycles. The molecule has 4 N–H and O–H groups in total. The second kappa shape index (κ2) is 8.10. The van der Waals surface area contributed by atoms with Gasteiger partial charge in [0.25, 0.3) is 5.91 Å². The predicted molar refractivity (Wildman–Crippen MR) is 103 cm³/mol. The SMILES string of the molecule is NC1(c2ccc(-c3ccc([C@H](O)[C@@H](CF)NC(=O)C(Cl)Cl)cc3)cn2)CC1. The molecule has 0 saturated heterocycles. The summed E-state index contributed by atoms with van der Waals surface area (Å²) in [4.78, 5) is 14.6. The van der Waals surface area contributed by atoms with Crippen LogP contribution in [0.3, 0.4) is 0 Å². The predicted octanol–water partition coefficient (Wildman–Crippen LogP) is 2.99. The summed E-state index contributed by atoms with van der Waals surface area (Å²) in [5.41, 5.74) is 9.02. The van der Waals surface area contributed by atoms with Crippen LogP contribution in [-0.2, 0) is 10.3 Å². The Bertz CT molecular complexity index is 796. The lowest BCUT2D eigenvalue weighted by molar-refractivity contribution is -0.121. The van der Waals surface area contributed by atoms with Crippen molar-refractivity contribution in [2.24, 2.45) is 5.73 Å². The number of carbonyl (C=O) groups excluding carboxylic acids is 1. The summed E-state index contributed by atoms with van der Waals surface area (Å²) < 4.78 is 13.2. The van der Waals surface area contributed by atoms with Gasteiger partial charge in [-0.3, -0.25) is 9.78 Å². The molecule has 1 fully saturated rings. The Kier molecular flexibility index (Phi) is 6.01. The van der Waals surface area contributed by atoms with Crippen LogP contribution in [0.5, 0.6) is 0 Å². The lowest BCUT2D eigenvalue weighted by Gasteiger charge is -2.22. The fraction of sp³-hybridized carbons (Fsp3) is 0.368. The number of aromatic nitrogens is 1. The van der Waals surface area contributed by atoms with E-state index in [-0.39, 0.29) is 5.54 Å². The van der Waals surface area contributed by atoms with Gasteiger partial charge in [0.2, 0.25) is 0 Å². The van der Waals surface area contributed by atoms with E-state index >= 15 is 0 Å². The van der Waals surface area contributed by atoms with E-state index in [0.29, 0.717) is 5.56 Å². The maximum Gasteiger partial charge on any atom is 0.253 e. The summed E-state index contributed by atoms with van der Waals surface area (Å²) >= 11 is 10.9. The van der Waals surface area contributed by atoms with Gasteiger partial charge in [-0.05, 0) is 30.0 Å². The van der Waals surface area contributed by atoms with Gasteiger partial charge in [-0.2, -0.15) is 0 Å². The smallest absolute Gasteiger partial charge is 0.253 e. The third-order valence-corrected chi connectivity index (χ3v) is 5.12. The van der Waals surface area contributed by atoms with Crippen LogP contribution in [0.2, 0.25) is 0 Å². The first-order valence-electron chi connectivity index (χ1n) is 8.52. The van der Waals surface area contributed by atoms with E-state index in [0.717, 1.165) is 29.7 Å². The van der Waals surface area contributed by atoms with Gasteiger partial charge in [-0.1, -0.05) is 53.5 Å². The molecule has 1 aromatic carbocycles. The van der Waals surface area contributed by atoms with Crippen LogP contribution in [0.1, 0.15) is 30.2 Å². The number of hydrogen-bond acceptors (Lipinski definition) is 4. The Balaban J connectivity index is 1.71. The second-order valence-electron chi connectivity index (χ2n) is 6.73. The summed E-state index contributed by atoms with van der Waals surface area (Å²) in [6, 6.07) is 9.69.